The highest BCUT2D eigenvalue weighted by Gasteiger charge is 2.41. The Morgan fingerprint density at radius 2 is 2.29 bits per heavy atom. The average Bonchev–Trinajstić information content (AvgIpc) is 2.64. The molecule has 0 aromatic carbocycles. The van der Waals surface area contributed by atoms with E-state index in [0.717, 1.165) is 32.5 Å². The van der Waals surface area contributed by atoms with Crippen molar-refractivity contribution >= 4 is 5.91 Å². The van der Waals surface area contributed by atoms with Gasteiger partial charge in [0.15, 0.2) is 0 Å². The lowest BCUT2D eigenvalue weighted by atomic mass is 9.79. The molecule has 3 heteroatoms. The average molecular weight is 196 g/mol. The van der Waals surface area contributed by atoms with Gasteiger partial charge in [0.25, 0.3) is 0 Å². The number of hydrogen-bond donors (Lipinski definition) is 1. The summed E-state index contributed by atoms with van der Waals surface area (Å²) in [6.45, 7) is 7.39. The van der Waals surface area contributed by atoms with Gasteiger partial charge in [0, 0.05) is 18.5 Å². The summed E-state index contributed by atoms with van der Waals surface area (Å²) in [6, 6.07) is 0.122. The van der Waals surface area contributed by atoms with Gasteiger partial charge in [-0.1, -0.05) is 13.8 Å². The lowest BCUT2D eigenvalue weighted by Gasteiger charge is -2.48. The fourth-order valence-electron chi connectivity index (χ4n) is 2.37. The van der Waals surface area contributed by atoms with Crippen molar-refractivity contribution < 1.29 is 4.79 Å². The maximum Gasteiger partial charge on any atom is 0.239 e. The normalized spacial score (nSPS) is 30.1. The molecule has 80 valence electrons. The predicted molar refractivity (Wildman–Crippen MR) is 56.0 cm³/mol. The molecule has 1 N–H and O–H groups in total. The zero-order valence-corrected chi connectivity index (χ0v) is 9.18. The van der Waals surface area contributed by atoms with Crippen LogP contribution in [0, 0.1) is 5.41 Å². The number of carbonyl (C=O) groups is 1. The molecule has 1 atom stereocenters. The van der Waals surface area contributed by atoms with Crippen molar-refractivity contribution in [3.05, 3.63) is 0 Å². The van der Waals surface area contributed by atoms with Gasteiger partial charge in [-0.15, -0.1) is 0 Å². The smallest absolute Gasteiger partial charge is 0.239 e. The van der Waals surface area contributed by atoms with Crippen LogP contribution in [0.5, 0.6) is 0 Å². The van der Waals surface area contributed by atoms with Gasteiger partial charge >= 0.3 is 0 Å². The molecule has 2 saturated heterocycles. The van der Waals surface area contributed by atoms with Crippen molar-refractivity contribution in [1.82, 2.24) is 10.2 Å². The fourth-order valence-corrected chi connectivity index (χ4v) is 2.37. The summed E-state index contributed by atoms with van der Waals surface area (Å²) in [5.41, 5.74) is 0.397. The molecule has 2 aliphatic heterocycles. The van der Waals surface area contributed by atoms with E-state index in [9.17, 15) is 4.79 Å². The summed E-state index contributed by atoms with van der Waals surface area (Å²) >= 11 is 0. The summed E-state index contributed by atoms with van der Waals surface area (Å²) in [6.07, 6.45) is 3.35. The van der Waals surface area contributed by atoms with Gasteiger partial charge in [0.1, 0.15) is 0 Å². The molecule has 2 heterocycles. The predicted octanol–water partition coefficient (Wildman–Crippen LogP) is 0.997. The van der Waals surface area contributed by atoms with Crippen LogP contribution in [0.15, 0.2) is 0 Å². The molecule has 0 saturated carbocycles. The van der Waals surface area contributed by atoms with E-state index in [0.29, 0.717) is 11.3 Å². The molecule has 0 radical (unpaired) electrons. The van der Waals surface area contributed by atoms with Gasteiger partial charge in [-0.25, -0.2) is 0 Å². The molecule has 0 aromatic heterocycles. The van der Waals surface area contributed by atoms with E-state index in [-0.39, 0.29) is 6.04 Å². The molecule has 2 fully saturated rings. The summed E-state index contributed by atoms with van der Waals surface area (Å²) in [4.78, 5) is 13.9. The lowest BCUT2D eigenvalue weighted by molar-refractivity contribution is -0.144. The Kier molecular flexibility index (Phi) is 2.52. The SMILES string of the molecule is CCC1(C)CN(C(=O)[C@H]2CCCN2)C1. The first-order valence-corrected chi connectivity index (χ1v) is 5.67. The second-order valence-corrected chi connectivity index (χ2v) is 5.01. The minimum Gasteiger partial charge on any atom is -0.340 e. The molecular weight excluding hydrogens is 176 g/mol. The van der Waals surface area contributed by atoms with E-state index in [2.05, 4.69) is 19.2 Å². The van der Waals surface area contributed by atoms with Gasteiger partial charge in [-0.05, 0) is 25.8 Å². The highest BCUT2D eigenvalue weighted by molar-refractivity contribution is 5.83. The summed E-state index contributed by atoms with van der Waals surface area (Å²) < 4.78 is 0. The molecule has 14 heavy (non-hydrogen) atoms. The van der Waals surface area contributed by atoms with E-state index >= 15 is 0 Å². The van der Waals surface area contributed by atoms with E-state index in [1.54, 1.807) is 0 Å². The van der Waals surface area contributed by atoms with Crippen LogP contribution in [0.25, 0.3) is 0 Å². The maximum atomic E-state index is 11.9. The Morgan fingerprint density at radius 1 is 1.57 bits per heavy atom. The Hall–Kier alpha value is -0.570. The van der Waals surface area contributed by atoms with Crippen molar-refractivity contribution in [2.45, 2.75) is 39.2 Å². The summed E-state index contributed by atoms with van der Waals surface area (Å²) in [5, 5.41) is 3.26. The van der Waals surface area contributed by atoms with Gasteiger partial charge < -0.3 is 10.2 Å². The molecule has 0 unspecified atom stereocenters. The highest BCUT2D eigenvalue weighted by atomic mass is 16.2. The number of hydrogen-bond acceptors (Lipinski definition) is 2. The van der Waals surface area contributed by atoms with E-state index < -0.39 is 0 Å². The number of nitrogens with zero attached hydrogens (tertiary/aromatic N) is 1. The fraction of sp³-hybridized carbons (Fsp3) is 0.909. The Balaban J connectivity index is 1.84. The van der Waals surface area contributed by atoms with Crippen LogP contribution in [0.3, 0.4) is 0 Å². The molecule has 1 amide bonds. The first-order chi connectivity index (χ1) is 6.64. The van der Waals surface area contributed by atoms with Crippen LogP contribution in [0.2, 0.25) is 0 Å². The van der Waals surface area contributed by atoms with Gasteiger partial charge in [-0.2, -0.15) is 0 Å². The van der Waals surface area contributed by atoms with E-state index in [1.807, 2.05) is 4.90 Å². The molecule has 0 spiro atoms. The highest BCUT2D eigenvalue weighted by Crippen LogP contribution is 2.33. The standard InChI is InChI=1S/C11H20N2O/c1-3-11(2)7-13(8-11)10(14)9-5-4-6-12-9/h9,12H,3-8H2,1-2H3/t9-/m1/s1. The first-order valence-electron chi connectivity index (χ1n) is 5.67. The van der Waals surface area contributed by atoms with Crippen molar-refractivity contribution in [2.24, 2.45) is 5.41 Å². The number of nitrogens with one attached hydrogen (secondary N) is 1. The van der Waals surface area contributed by atoms with Crippen molar-refractivity contribution in [3.8, 4) is 0 Å². The van der Waals surface area contributed by atoms with E-state index in [1.165, 1.54) is 6.42 Å². The van der Waals surface area contributed by atoms with Crippen LogP contribution >= 0.6 is 0 Å². The molecule has 0 aliphatic carbocycles. The number of likely N-dealkylation sites (tertiary alicyclic amines) is 1. The van der Waals surface area contributed by atoms with Gasteiger partial charge in [0.2, 0.25) is 5.91 Å². The minimum atomic E-state index is 0.122. The lowest BCUT2D eigenvalue weighted by Crippen LogP contribution is -2.60. The molecule has 0 bridgehead atoms. The Labute approximate surface area is 85.8 Å². The van der Waals surface area contributed by atoms with Gasteiger partial charge in [-0.3, -0.25) is 4.79 Å². The van der Waals surface area contributed by atoms with Crippen LogP contribution in [-0.2, 0) is 4.79 Å². The topological polar surface area (TPSA) is 32.3 Å². The monoisotopic (exact) mass is 196 g/mol. The van der Waals surface area contributed by atoms with E-state index in [4.69, 9.17) is 0 Å². The molecular formula is C11H20N2O. The summed E-state index contributed by atoms with van der Waals surface area (Å²) in [7, 11) is 0. The third-order valence-corrected chi connectivity index (χ3v) is 3.67. The molecule has 3 nitrogen and oxygen atoms in total. The Morgan fingerprint density at radius 3 is 2.79 bits per heavy atom. The first kappa shape index (κ1) is 9.97. The quantitative estimate of drug-likeness (QED) is 0.714. The van der Waals surface area contributed by atoms with Crippen LogP contribution < -0.4 is 5.32 Å². The largest absolute Gasteiger partial charge is 0.340 e. The number of carbonyl (C=O) groups excluding carboxylic acids is 1. The van der Waals surface area contributed by atoms with Crippen LogP contribution in [0.1, 0.15) is 33.1 Å². The third-order valence-electron chi connectivity index (χ3n) is 3.67. The van der Waals surface area contributed by atoms with Crippen LogP contribution in [0.4, 0.5) is 0 Å². The minimum absolute atomic E-state index is 0.122. The second kappa shape index (κ2) is 3.54. The van der Waals surface area contributed by atoms with Crippen LogP contribution in [-0.4, -0.2) is 36.5 Å². The van der Waals surface area contributed by atoms with Crippen molar-refractivity contribution in [3.63, 3.8) is 0 Å². The zero-order valence-electron chi connectivity index (χ0n) is 9.18. The number of amides is 1. The number of rotatable bonds is 2. The van der Waals surface area contributed by atoms with Crippen molar-refractivity contribution in [2.75, 3.05) is 19.6 Å². The zero-order chi connectivity index (χ0) is 10.2. The second-order valence-electron chi connectivity index (χ2n) is 5.01. The van der Waals surface area contributed by atoms with Gasteiger partial charge in [0.05, 0.1) is 6.04 Å². The maximum absolute atomic E-state index is 11.9. The summed E-state index contributed by atoms with van der Waals surface area (Å²) in [5.74, 6) is 0.327. The molecule has 0 aromatic rings. The third kappa shape index (κ3) is 1.65. The van der Waals surface area contributed by atoms with Crippen molar-refractivity contribution in [1.29, 1.82) is 0 Å². The molecule has 2 rings (SSSR count). The molecule has 2 aliphatic rings. The Bertz CT molecular complexity index is 227.